The van der Waals surface area contributed by atoms with E-state index in [1.54, 1.807) is 25.5 Å². The van der Waals surface area contributed by atoms with Gasteiger partial charge < -0.3 is 24.4 Å². The van der Waals surface area contributed by atoms with Gasteiger partial charge in [-0.2, -0.15) is 0 Å². The van der Waals surface area contributed by atoms with Gasteiger partial charge >= 0.3 is 0 Å². The van der Waals surface area contributed by atoms with Crippen LogP contribution in [0.5, 0.6) is 0 Å². The van der Waals surface area contributed by atoms with Gasteiger partial charge in [-0.1, -0.05) is 24.3 Å². The Balaban J connectivity index is 1.49. The first-order valence-electron chi connectivity index (χ1n) is 10.7. The van der Waals surface area contributed by atoms with Gasteiger partial charge in [0, 0.05) is 46.3 Å². The van der Waals surface area contributed by atoms with Crippen molar-refractivity contribution < 1.29 is 14.2 Å². The monoisotopic (exact) mass is 446 g/mol. The standard InChI is InChI=1S/C23H34N4O3S/c1-17(28-4)22-26-20(16-31-22)14-27(3)23(24-2)25-13-18-6-5-7-19(12-18)15-30-21-8-10-29-11-9-21/h5-7,12,16-17,21H,8-11,13-15H2,1-4H3,(H,24,25). The van der Waals surface area contributed by atoms with Crippen molar-refractivity contribution in [2.24, 2.45) is 4.99 Å². The fourth-order valence-corrected chi connectivity index (χ4v) is 4.29. The molecule has 1 saturated heterocycles. The molecular formula is C23H34N4O3S. The van der Waals surface area contributed by atoms with Crippen LogP contribution in [0.3, 0.4) is 0 Å². The Labute approximate surface area is 189 Å². The lowest BCUT2D eigenvalue weighted by Crippen LogP contribution is -2.38. The smallest absolute Gasteiger partial charge is 0.194 e. The molecule has 0 radical (unpaired) electrons. The molecule has 0 amide bonds. The molecular weight excluding hydrogens is 412 g/mol. The topological polar surface area (TPSA) is 68.2 Å². The normalized spacial score (nSPS) is 16.3. The molecule has 31 heavy (non-hydrogen) atoms. The van der Waals surface area contributed by atoms with Crippen LogP contribution in [0, 0.1) is 0 Å². The van der Waals surface area contributed by atoms with E-state index >= 15 is 0 Å². The minimum atomic E-state index is 0.0178. The average Bonchev–Trinajstić information content (AvgIpc) is 3.27. The van der Waals surface area contributed by atoms with Crippen LogP contribution in [-0.2, 0) is 33.9 Å². The number of hydrogen-bond donors (Lipinski definition) is 1. The molecule has 3 rings (SSSR count). The van der Waals surface area contributed by atoms with E-state index in [-0.39, 0.29) is 6.10 Å². The molecule has 170 valence electrons. The molecule has 0 aliphatic carbocycles. The summed E-state index contributed by atoms with van der Waals surface area (Å²) >= 11 is 1.63. The summed E-state index contributed by atoms with van der Waals surface area (Å²) in [5.41, 5.74) is 3.41. The highest BCUT2D eigenvalue weighted by atomic mass is 32.1. The minimum Gasteiger partial charge on any atom is -0.381 e. The van der Waals surface area contributed by atoms with Crippen LogP contribution >= 0.6 is 11.3 Å². The van der Waals surface area contributed by atoms with Crippen molar-refractivity contribution >= 4 is 17.3 Å². The number of nitrogens with zero attached hydrogens (tertiary/aromatic N) is 3. The Morgan fingerprint density at radius 1 is 1.35 bits per heavy atom. The molecule has 1 aromatic carbocycles. The summed E-state index contributed by atoms with van der Waals surface area (Å²) in [6.07, 6.45) is 2.29. The number of rotatable bonds is 9. The van der Waals surface area contributed by atoms with Crippen LogP contribution in [0.1, 0.15) is 47.7 Å². The number of aromatic nitrogens is 1. The number of ether oxygens (including phenoxy) is 3. The van der Waals surface area contributed by atoms with E-state index in [4.69, 9.17) is 14.2 Å². The third kappa shape index (κ3) is 7.28. The highest BCUT2D eigenvalue weighted by molar-refractivity contribution is 7.09. The lowest BCUT2D eigenvalue weighted by Gasteiger charge is -2.23. The highest BCUT2D eigenvalue weighted by Gasteiger charge is 2.15. The number of nitrogens with one attached hydrogen (secondary N) is 1. The molecule has 1 atom stereocenters. The van der Waals surface area contributed by atoms with Gasteiger partial charge in [0.2, 0.25) is 0 Å². The molecule has 1 aliphatic heterocycles. The van der Waals surface area contributed by atoms with Crippen LogP contribution < -0.4 is 5.32 Å². The molecule has 7 nitrogen and oxygen atoms in total. The highest BCUT2D eigenvalue weighted by Crippen LogP contribution is 2.21. The fourth-order valence-electron chi connectivity index (χ4n) is 3.45. The molecule has 1 fully saturated rings. The quantitative estimate of drug-likeness (QED) is 0.467. The Hall–Kier alpha value is -2.00. The van der Waals surface area contributed by atoms with Crippen molar-refractivity contribution in [3.05, 3.63) is 51.5 Å². The first-order valence-corrected chi connectivity index (χ1v) is 11.6. The second-order valence-corrected chi connectivity index (χ2v) is 8.64. The maximum Gasteiger partial charge on any atom is 0.194 e. The largest absolute Gasteiger partial charge is 0.381 e. The number of benzene rings is 1. The Bertz CT molecular complexity index is 836. The van der Waals surface area contributed by atoms with Gasteiger partial charge in [-0.25, -0.2) is 4.98 Å². The zero-order chi connectivity index (χ0) is 22.1. The van der Waals surface area contributed by atoms with E-state index in [0.717, 1.165) is 42.7 Å². The van der Waals surface area contributed by atoms with Crippen molar-refractivity contribution in [3.8, 4) is 0 Å². The molecule has 1 N–H and O–H groups in total. The van der Waals surface area contributed by atoms with E-state index in [0.29, 0.717) is 25.8 Å². The second kappa shape index (κ2) is 12.1. The zero-order valence-electron chi connectivity index (χ0n) is 19.0. The van der Waals surface area contributed by atoms with Crippen LogP contribution in [0.2, 0.25) is 0 Å². The van der Waals surface area contributed by atoms with E-state index in [9.17, 15) is 0 Å². The van der Waals surface area contributed by atoms with Crippen LogP contribution in [0.15, 0.2) is 34.6 Å². The Morgan fingerprint density at radius 3 is 2.87 bits per heavy atom. The number of aliphatic imine (C=N–C) groups is 1. The van der Waals surface area contributed by atoms with Crippen LogP contribution in [0.25, 0.3) is 0 Å². The lowest BCUT2D eigenvalue weighted by atomic mass is 10.1. The number of methoxy groups -OCH3 is 1. The summed E-state index contributed by atoms with van der Waals surface area (Å²) in [4.78, 5) is 11.2. The Morgan fingerprint density at radius 2 is 2.13 bits per heavy atom. The second-order valence-electron chi connectivity index (χ2n) is 7.75. The summed E-state index contributed by atoms with van der Waals surface area (Å²) in [6.45, 7) is 5.63. The summed E-state index contributed by atoms with van der Waals surface area (Å²) in [6, 6.07) is 8.51. The number of thiazole rings is 1. The van der Waals surface area contributed by atoms with Gasteiger partial charge in [0.15, 0.2) is 5.96 Å². The van der Waals surface area contributed by atoms with Crippen molar-refractivity contribution in [3.63, 3.8) is 0 Å². The molecule has 2 aromatic rings. The third-order valence-corrected chi connectivity index (χ3v) is 6.39. The lowest BCUT2D eigenvalue weighted by molar-refractivity contribution is -0.0390. The van der Waals surface area contributed by atoms with Gasteiger partial charge in [0.05, 0.1) is 24.9 Å². The molecule has 0 bridgehead atoms. The summed E-state index contributed by atoms with van der Waals surface area (Å²) < 4.78 is 16.8. The fraction of sp³-hybridized carbons (Fsp3) is 0.565. The van der Waals surface area contributed by atoms with Crippen molar-refractivity contribution in [1.82, 2.24) is 15.2 Å². The van der Waals surface area contributed by atoms with Crippen LogP contribution in [-0.4, -0.2) is 56.4 Å². The van der Waals surface area contributed by atoms with Gasteiger partial charge in [-0.05, 0) is 30.9 Å². The molecule has 8 heteroatoms. The zero-order valence-corrected chi connectivity index (χ0v) is 19.8. The van der Waals surface area contributed by atoms with Crippen LogP contribution in [0.4, 0.5) is 0 Å². The average molecular weight is 447 g/mol. The van der Waals surface area contributed by atoms with Crippen molar-refractivity contribution in [2.75, 3.05) is 34.4 Å². The summed E-state index contributed by atoms with van der Waals surface area (Å²) in [7, 11) is 5.53. The van der Waals surface area contributed by atoms with Crippen molar-refractivity contribution in [1.29, 1.82) is 0 Å². The molecule has 1 aliphatic rings. The first-order chi connectivity index (χ1) is 15.1. The van der Waals surface area contributed by atoms with E-state index in [2.05, 4.69) is 49.8 Å². The molecule has 1 unspecified atom stereocenters. The van der Waals surface area contributed by atoms with E-state index in [1.165, 1.54) is 11.1 Å². The molecule has 0 saturated carbocycles. The number of hydrogen-bond acceptors (Lipinski definition) is 6. The van der Waals surface area contributed by atoms with Gasteiger partial charge in [-0.15, -0.1) is 11.3 Å². The summed E-state index contributed by atoms with van der Waals surface area (Å²) in [5, 5.41) is 6.52. The van der Waals surface area contributed by atoms with Crippen molar-refractivity contribution in [2.45, 2.75) is 51.7 Å². The third-order valence-electron chi connectivity index (χ3n) is 5.34. The summed E-state index contributed by atoms with van der Waals surface area (Å²) in [5.74, 6) is 0.832. The predicted molar refractivity (Wildman–Crippen MR) is 124 cm³/mol. The molecule has 0 spiro atoms. The van der Waals surface area contributed by atoms with Gasteiger partial charge in [0.1, 0.15) is 11.1 Å². The predicted octanol–water partition coefficient (Wildman–Crippen LogP) is 3.75. The van der Waals surface area contributed by atoms with Gasteiger partial charge in [0.25, 0.3) is 0 Å². The van der Waals surface area contributed by atoms with E-state index in [1.807, 2.05) is 14.0 Å². The van der Waals surface area contributed by atoms with Gasteiger partial charge in [-0.3, -0.25) is 4.99 Å². The maximum atomic E-state index is 6.05. The SMILES string of the molecule is CN=C(NCc1cccc(COC2CCOCC2)c1)N(C)Cc1csc(C(C)OC)n1. The minimum absolute atomic E-state index is 0.0178. The first kappa shape index (κ1) is 23.7. The number of guanidine groups is 1. The maximum absolute atomic E-state index is 6.05. The molecule has 2 heterocycles. The molecule has 1 aromatic heterocycles. The Kier molecular flexibility index (Phi) is 9.27. The van der Waals surface area contributed by atoms with E-state index < -0.39 is 0 Å².